The van der Waals surface area contributed by atoms with E-state index in [0.29, 0.717) is 0 Å². The number of aromatic amines is 1. The van der Waals surface area contributed by atoms with Crippen LogP contribution >= 0.6 is 0 Å². The largest absolute Gasteiger partial charge is 0.304 e. The number of benzene rings is 1. The predicted octanol–water partition coefficient (Wildman–Crippen LogP) is 0.891. The van der Waals surface area contributed by atoms with Crippen LogP contribution in [0.25, 0.3) is 11.3 Å². The molecule has 84 valence electrons. The van der Waals surface area contributed by atoms with Crippen molar-refractivity contribution in [3.63, 3.8) is 0 Å². The van der Waals surface area contributed by atoms with Crippen LogP contribution in [0.15, 0.2) is 47.2 Å². The average Bonchev–Trinajstić information content (AvgIpc) is 2.98. The molecule has 2 aromatic rings. The molecule has 5 heteroatoms. The summed E-state index contributed by atoms with van der Waals surface area (Å²) < 4.78 is 0. The molecule has 0 spiro atoms. The van der Waals surface area contributed by atoms with Gasteiger partial charge in [-0.3, -0.25) is 0 Å². The van der Waals surface area contributed by atoms with E-state index >= 15 is 0 Å². The van der Waals surface area contributed by atoms with Gasteiger partial charge in [0.2, 0.25) is 0 Å². The SMILES string of the molecule is CC1=CC=N[NH+]1c1n[nH]nc1-c1ccccc1. The highest BCUT2D eigenvalue weighted by atomic mass is 15.5. The molecule has 0 saturated heterocycles. The Morgan fingerprint density at radius 1 is 1.12 bits per heavy atom. The molecule has 2 heterocycles. The third kappa shape index (κ3) is 1.66. The maximum atomic E-state index is 4.32. The zero-order valence-corrected chi connectivity index (χ0v) is 9.38. The molecule has 0 aliphatic carbocycles. The summed E-state index contributed by atoms with van der Waals surface area (Å²) in [6.45, 7) is 2.02. The molecule has 0 radical (unpaired) electrons. The molecule has 2 N–H and O–H groups in total. The van der Waals surface area contributed by atoms with E-state index < -0.39 is 0 Å². The lowest BCUT2D eigenvalue weighted by Gasteiger charge is -2.05. The van der Waals surface area contributed by atoms with Crippen molar-refractivity contribution >= 4 is 12.0 Å². The number of nitrogens with one attached hydrogen (secondary N) is 2. The van der Waals surface area contributed by atoms with Crippen molar-refractivity contribution in [1.82, 2.24) is 15.4 Å². The fourth-order valence-electron chi connectivity index (χ4n) is 1.85. The lowest BCUT2D eigenvalue weighted by molar-refractivity contribution is -0.796. The van der Waals surface area contributed by atoms with Gasteiger partial charge >= 0.3 is 5.82 Å². The van der Waals surface area contributed by atoms with Crippen LogP contribution in [-0.4, -0.2) is 21.6 Å². The fourth-order valence-corrected chi connectivity index (χ4v) is 1.85. The Morgan fingerprint density at radius 2 is 1.94 bits per heavy atom. The number of quaternary nitrogens is 1. The highest BCUT2D eigenvalue weighted by molar-refractivity contribution is 5.73. The molecular weight excluding hydrogens is 214 g/mol. The summed E-state index contributed by atoms with van der Waals surface area (Å²) >= 11 is 0. The minimum atomic E-state index is 0.804. The van der Waals surface area contributed by atoms with Crippen molar-refractivity contribution in [3.8, 4) is 11.3 Å². The van der Waals surface area contributed by atoms with Gasteiger partial charge in [-0.25, -0.2) is 0 Å². The van der Waals surface area contributed by atoms with Gasteiger partial charge < -0.3 is 0 Å². The molecule has 0 fully saturated rings. The number of hydrogen-bond acceptors (Lipinski definition) is 3. The van der Waals surface area contributed by atoms with Crippen molar-refractivity contribution in [2.45, 2.75) is 6.92 Å². The number of hydrogen-bond donors (Lipinski definition) is 2. The number of nitrogens with zero attached hydrogens (tertiary/aromatic N) is 3. The molecule has 0 saturated carbocycles. The zero-order valence-electron chi connectivity index (χ0n) is 9.38. The van der Waals surface area contributed by atoms with Gasteiger partial charge in [-0.15, -0.1) is 10.1 Å². The van der Waals surface area contributed by atoms with Gasteiger partial charge in [-0.1, -0.05) is 40.5 Å². The molecule has 1 aliphatic heterocycles. The van der Waals surface area contributed by atoms with Gasteiger partial charge in [0.25, 0.3) is 0 Å². The molecule has 1 aromatic carbocycles. The molecule has 1 atom stereocenters. The highest BCUT2D eigenvalue weighted by Crippen LogP contribution is 2.20. The van der Waals surface area contributed by atoms with Crippen LogP contribution in [0.2, 0.25) is 0 Å². The third-order valence-electron chi connectivity index (χ3n) is 2.72. The minimum Gasteiger partial charge on any atom is -0.192 e. The van der Waals surface area contributed by atoms with Crippen LogP contribution in [-0.2, 0) is 0 Å². The van der Waals surface area contributed by atoms with Gasteiger partial charge in [0.05, 0.1) is 6.21 Å². The second kappa shape index (κ2) is 3.95. The van der Waals surface area contributed by atoms with E-state index in [2.05, 4.69) is 20.5 Å². The Balaban J connectivity index is 2.06. The second-order valence-electron chi connectivity index (χ2n) is 3.86. The van der Waals surface area contributed by atoms with E-state index in [1.54, 1.807) is 6.21 Å². The Hall–Kier alpha value is -2.27. The monoisotopic (exact) mass is 226 g/mol. The van der Waals surface area contributed by atoms with Gasteiger partial charge in [0.1, 0.15) is 5.70 Å². The molecule has 5 nitrogen and oxygen atoms in total. The van der Waals surface area contributed by atoms with Gasteiger partial charge in [-0.05, 0) is 0 Å². The molecule has 17 heavy (non-hydrogen) atoms. The molecule has 0 amide bonds. The quantitative estimate of drug-likeness (QED) is 0.799. The summed E-state index contributed by atoms with van der Waals surface area (Å²) in [4.78, 5) is 0. The van der Waals surface area contributed by atoms with E-state index in [1.165, 1.54) is 0 Å². The zero-order chi connectivity index (χ0) is 11.7. The molecule has 1 aliphatic rings. The summed E-state index contributed by atoms with van der Waals surface area (Å²) in [7, 11) is 0. The van der Waals surface area contributed by atoms with Crippen molar-refractivity contribution in [1.29, 1.82) is 0 Å². The number of rotatable bonds is 2. The van der Waals surface area contributed by atoms with E-state index in [0.717, 1.165) is 27.8 Å². The molecule has 1 aromatic heterocycles. The first-order valence-corrected chi connectivity index (χ1v) is 5.41. The Morgan fingerprint density at radius 3 is 2.65 bits per heavy atom. The van der Waals surface area contributed by atoms with E-state index in [9.17, 15) is 0 Å². The lowest BCUT2D eigenvalue weighted by Crippen LogP contribution is -2.99. The van der Waals surface area contributed by atoms with Crippen LogP contribution in [0.1, 0.15) is 6.92 Å². The molecule has 3 rings (SSSR count). The first-order chi connectivity index (χ1) is 8.36. The van der Waals surface area contributed by atoms with E-state index in [4.69, 9.17) is 0 Å². The number of H-pyrrole nitrogens is 1. The maximum Gasteiger partial charge on any atom is 0.304 e. The Kier molecular flexibility index (Phi) is 2.31. The maximum absolute atomic E-state index is 4.32. The molecule has 0 bridgehead atoms. The first kappa shape index (κ1) is 9.92. The van der Waals surface area contributed by atoms with Gasteiger partial charge in [0.15, 0.2) is 5.69 Å². The Bertz CT molecular complexity index is 582. The van der Waals surface area contributed by atoms with Crippen molar-refractivity contribution in [2.24, 2.45) is 5.10 Å². The highest BCUT2D eigenvalue weighted by Gasteiger charge is 2.26. The number of aromatic nitrogens is 3. The smallest absolute Gasteiger partial charge is 0.192 e. The minimum absolute atomic E-state index is 0.804. The third-order valence-corrected chi connectivity index (χ3v) is 2.72. The van der Waals surface area contributed by atoms with E-state index in [-0.39, 0.29) is 0 Å². The normalized spacial score (nSPS) is 18.4. The van der Waals surface area contributed by atoms with Crippen molar-refractivity contribution < 1.29 is 5.01 Å². The summed E-state index contributed by atoms with van der Waals surface area (Å²) in [5.41, 5.74) is 2.99. The fraction of sp³-hybridized carbons (Fsp3) is 0.0833. The summed E-state index contributed by atoms with van der Waals surface area (Å²) in [6, 6.07) is 9.98. The van der Waals surface area contributed by atoms with Gasteiger partial charge in [0, 0.05) is 18.6 Å². The molecule has 1 unspecified atom stereocenters. The standard InChI is InChI=1S/C12H11N5/c1-9-7-8-13-17(9)12-11(14-16-15-12)10-5-3-2-4-6-10/h2-8H,1H3,(H,14,15,16)/p+1. The lowest BCUT2D eigenvalue weighted by atomic mass is 10.1. The number of allylic oxidation sites excluding steroid dienone is 2. The molecular formula is C12H12N5+. The second-order valence-corrected chi connectivity index (χ2v) is 3.86. The van der Waals surface area contributed by atoms with Gasteiger partial charge in [-0.2, -0.15) is 5.21 Å². The van der Waals surface area contributed by atoms with E-state index in [1.807, 2.05) is 43.3 Å². The van der Waals surface area contributed by atoms with Crippen LogP contribution < -0.4 is 5.01 Å². The van der Waals surface area contributed by atoms with Crippen molar-refractivity contribution in [3.05, 3.63) is 42.1 Å². The first-order valence-electron chi connectivity index (χ1n) is 5.41. The van der Waals surface area contributed by atoms with Crippen LogP contribution in [0, 0.1) is 0 Å². The predicted molar refractivity (Wildman–Crippen MR) is 64.7 cm³/mol. The van der Waals surface area contributed by atoms with Crippen LogP contribution in [0.3, 0.4) is 0 Å². The summed E-state index contributed by atoms with van der Waals surface area (Å²) in [5.74, 6) is 0.804. The summed E-state index contributed by atoms with van der Waals surface area (Å²) in [5, 5.41) is 16.3. The van der Waals surface area contributed by atoms with Crippen LogP contribution in [0.5, 0.6) is 0 Å². The van der Waals surface area contributed by atoms with Crippen LogP contribution in [0.4, 0.5) is 5.82 Å². The van der Waals surface area contributed by atoms with Crippen molar-refractivity contribution in [2.75, 3.05) is 0 Å². The topological polar surface area (TPSA) is 58.4 Å². The average molecular weight is 226 g/mol. The Labute approximate surface area is 98.5 Å². The summed E-state index contributed by atoms with van der Waals surface area (Å²) in [6.07, 6.45) is 3.76.